The van der Waals surface area contributed by atoms with Crippen LogP contribution >= 0.6 is 0 Å². The number of likely N-dealkylation sites (N-methyl/N-ethyl adjacent to an activating group) is 1. The Kier molecular flexibility index (Phi) is 4.06. The Hall–Kier alpha value is -2.68. The third kappa shape index (κ3) is 2.87. The summed E-state index contributed by atoms with van der Waals surface area (Å²) in [5, 5.41) is 8.69. The molecule has 3 heterocycles. The first kappa shape index (κ1) is 18.4. The van der Waals surface area contributed by atoms with Crippen molar-refractivity contribution in [1.82, 2.24) is 9.47 Å². The highest BCUT2D eigenvalue weighted by atomic mass is 19.1. The number of benzene rings is 1. The van der Waals surface area contributed by atoms with Gasteiger partial charge in [0, 0.05) is 31.2 Å². The molecule has 2 aliphatic heterocycles. The van der Waals surface area contributed by atoms with Crippen LogP contribution in [-0.2, 0) is 0 Å². The smallest absolute Gasteiger partial charge is 0.449 e. The van der Waals surface area contributed by atoms with E-state index >= 15 is 8.78 Å². The van der Waals surface area contributed by atoms with Gasteiger partial charge in [0.15, 0.2) is 11.6 Å². The van der Waals surface area contributed by atoms with Crippen molar-refractivity contribution in [2.75, 3.05) is 25.0 Å². The molecule has 1 saturated carbocycles. The summed E-state index contributed by atoms with van der Waals surface area (Å²) in [6, 6.07) is 1.01. The van der Waals surface area contributed by atoms with Crippen molar-refractivity contribution >= 4 is 22.7 Å². The van der Waals surface area contributed by atoms with Crippen LogP contribution < -0.4 is 15.1 Å². The van der Waals surface area contributed by atoms with Crippen molar-refractivity contribution in [1.29, 1.82) is 0 Å². The molecule has 2 atom stereocenters. The zero-order chi connectivity index (χ0) is 20.4. The second-order valence-corrected chi connectivity index (χ2v) is 8.26. The number of nitrogens with zero attached hydrogens (tertiary/aromatic N) is 3. The van der Waals surface area contributed by atoms with Gasteiger partial charge in [-0.05, 0) is 38.8 Å². The van der Waals surface area contributed by atoms with E-state index in [4.69, 9.17) is 5.11 Å². The number of anilines is 1. The molecule has 5 rings (SSSR count). The second kappa shape index (κ2) is 6.41. The number of rotatable bonds is 3. The maximum absolute atomic E-state index is 15.8. The maximum Gasteiger partial charge on any atom is 0.511 e. The fourth-order valence-electron chi connectivity index (χ4n) is 4.93. The lowest BCUT2D eigenvalue weighted by Crippen LogP contribution is -2.53. The lowest BCUT2D eigenvalue weighted by Gasteiger charge is -2.41. The Labute approximate surface area is 165 Å². The Balaban J connectivity index is 1.73. The first-order valence-electron chi connectivity index (χ1n) is 9.79. The number of piperazine rings is 1. The highest BCUT2D eigenvalue weighted by molar-refractivity contribution is 5.86. The van der Waals surface area contributed by atoms with Crippen LogP contribution in [-0.4, -0.2) is 52.9 Å². The molecule has 1 aromatic heterocycles. The third-order valence-corrected chi connectivity index (χ3v) is 6.21. The molecular weight excluding hydrogens is 384 g/mol. The lowest BCUT2D eigenvalue weighted by molar-refractivity contribution is 0.143. The number of fused-ring (bicyclic) bond motifs is 3. The van der Waals surface area contributed by atoms with E-state index in [0.29, 0.717) is 0 Å². The van der Waals surface area contributed by atoms with Crippen LogP contribution in [0.3, 0.4) is 0 Å². The molecule has 0 radical (unpaired) electrons. The molecule has 3 fully saturated rings. The van der Waals surface area contributed by atoms with Gasteiger partial charge >= 0.3 is 6.16 Å². The molecule has 154 valence electrons. The number of carboxylic acid groups (broad SMARTS) is 1. The van der Waals surface area contributed by atoms with E-state index in [1.807, 2.05) is 11.9 Å². The average Bonchev–Trinajstić information content (AvgIpc) is 3.44. The molecule has 0 amide bonds. The van der Waals surface area contributed by atoms with Crippen molar-refractivity contribution in [3.63, 3.8) is 0 Å². The monoisotopic (exact) mass is 405 g/mol. The standard InChI is InChI=1S/C20H21F2N3O4/c1-23-7-11-4-5-12(8-23)25(11)18-14(21)6-13-17(16(18)22)24(10-2-3-10)9-15(19(13)26)29-20(27)28/h6,9-12H,2-5,7-8H2,1H3,(H,27,28). The average molecular weight is 405 g/mol. The summed E-state index contributed by atoms with van der Waals surface area (Å²) in [4.78, 5) is 27.6. The third-order valence-electron chi connectivity index (χ3n) is 6.21. The van der Waals surface area contributed by atoms with Gasteiger partial charge in [-0.25, -0.2) is 13.6 Å². The van der Waals surface area contributed by atoms with E-state index in [1.165, 1.54) is 10.8 Å². The maximum atomic E-state index is 15.8. The molecule has 2 saturated heterocycles. The number of carbonyl (C=O) groups is 1. The minimum absolute atomic E-state index is 0.0185. The van der Waals surface area contributed by atoms with Crippen LogP contribution in [0, 0.1) is 11.6 Å². The van der Waals surface area contributed by atoms with Crippen LogP contribution in [0.5, 0.6) is 5.75 Å². The van der Waals surface area contributed by atoms with Gasteiger partial charge in [0.2, 0.25) is 5.43 Å². The second-order valence-electron chi connectivity index (χ2n) is 8.26. The van der Waals surface area contributed by atoms with Crippen LogP contribution in [0.25, 0.3) is 10.9 Å². The molecule has 3 aliphatic rings. The van der Waals surface area contributed by atoms with E-state index in [0.717, 1.165) is 44.8 Å². The minimum atomic E-state index is -1.64. The lowest BCUT2D eigenvalue weighted by atomic mass is 10.1. The quantitative estimate of drug-likeness (QED) is 0.792. The van der Waals surface area contributed by atoms with Crippen molar-refractivity contribution in [3.05, 3.63) is 34.1 Å². The normalized spacial score (nSPS) is 24.3. The zero-order valence-corrected chi connectivity index (χ0v) is 15.9. The largest absolute Gasteiger partial charge is 0.511 e. The van der Waals surface area contributed by atoms with Gasteiger partial charge in [0.1, 0.15) is 11.5 Å². The van der Waals surface area contributed by atoms with Gasteiger partial charge in [-0.15, -0.1) is 0 Å². The summed E-state index contributed by atoms with van der Waals surface area (Å²) >= 11 is 0. The summed E-state index contributed by atoms with van der Waals surface area (Å²) in [6.45, 7) is 1.46. The van der Waals surface area contributed by atoms with Crippen molar-refractivity contribution in [2.24, 2.45) is 0 Å². The molecule has 2 unspecified atom stereocenters. The Morgan fingerprint density at radius 2 is 1.76 bits per heavy atom. The molecule has 1 aromatic carbocycles. The van der Waals surface area contributed by atoms with Crippen molar-refractivity contribution in [3.8, 4) is 5.75 Å². The van der Waals surface area contributed by atoms with E-state index < -0.39 is 29.0 Å². The van der Waals surface area contributed by atoms with E-state index in [2.05, 4.69) is 9.64 Å². The number of hydrogen-bond donors (Lipinski definition) is 1. The molecule has 1 aliphatic carbocycles. The fourth-order valence-corrected chi connectivity index (χ4v) is 4.93. The minimum Gasteiger partial charge on any atom is -0.449 e. The number of ether oxygens (including phenoxy) is 1. The molecule has 7 nitrogen and oxygen atoms in total. The van der Waals surface area contributed by atoms with Crippen LogP contribution in [0.4, 0.5) is 19.3 Å². The van der Waals surface area contributed by atoms with Gasteiger partial charge in [-0.3, -0.25) is 4.79 Å². The summed E-state index contributed by atoms with van der Waals surface area (Å²) in [7, 11) is 2.00. The molecular formula is C20H21F2N3O4. The fraction of sp³-hybridized carbons (Fsp3) is 0.500. The van der Waals surface area contributed by atoms with Crippen molar-refractivity contribution in [2.45, 2.75) is 43.8 Å². The number of halogens is 2. The van der Waals surface area contributed by atoms with Gasteiger partial charge < -0.3 is 24.2 Å². The van der Waals surface area contributed by atoms with Crippen LogP contribution in [0.2, 0.25) is 0 Å². The topological polar surface area (TPSA) is 75.0 Å². The summed E-state index contributed by atoms with van der Waals surface area (Å²) in [5.41, 5.74) is -0.895. The van der Waals surface area contributed by atoms with Gasteiger partial charge in [-0.1, -0.05) is 0 Å². The van der Waals surface area contributed by atoms with Crippen LogP contribution in [0.15, 0.2) is 17.1 Å². The number of hydrogen-bond acceptors (Lipinski definition) is 5. The molecule has 9 heteroatoms. The SMILES string of the molecule is CN1CC2CCC(C1)N2c1c(F)cc2c(=O)c(OC(=O)O)cn(C3CC3)c2c1F. The molecule has 1 N–H and O–H groups in total. The molecule has 0 spiro atoms. The van der Waals surface area contributed by atoms with Crippen LogP contribution in [0.1, 0.15) is 31.7 Å². The highest BCUT2D eigenvalue weighted by Gasteiger charge is 2.42. The summed E-state index contributed by atoms with van der Waals surface area (Å²) in [6.07, 6.45) is 2.88. The Bertz CT molecular complexity index is 1070. The predicted molar refractivity (Wildman–Crippen MR) is 102 cm³/mol. The molecule has 2 bridgehead atoms. The molecule has 2 aromatic rings. The Morgan fingerprint density at radius 3 is 2.34 bits per heavy atom. The first-order valence-corrected chi connectivity index (χ1v) is 9.79. The van der Waals surface area contributed by atoms with E-state index in [1.54, 1.807) is 0 Å². The number of aromatic nitrogens is 1. The van der Waals surface area contributed by atoms with E-state index in [9.17, 15) is 9.59 Å². The van der Waals surface area contributed by atoms with E-state index in [-0.39, 0.29) is 34.7 Å². The molecule has 29 heavy (non-hydrogen) atoms. The number of likely N-dealkylation sites (tertiary alicyclic amines) is 1. The highest BCUT2D eigenvalue weighted by Crippen LogP contribution is 2.43. The van der Waals surface area contributed by atoms with Gasteiger partial charge in [-0.2, -0.15) is 0 Å². The first-order chi connectivity index (χ1) is 13.8. The summed E-state index contributed by atoms with van der Waals surface area (Å²) < 4.78 is 37.1. The van der Waals surface area contributed by atoms with Crippen molar-refractivity contribution < 1.29 is 23.4 Å². The Morgan fingerprint density at radius 1 is 1.14 bits per heavy atom. The van der Waals surface area contributed by atoms with Gasteiger partial charge in [0.25, 0.3) is 0 Å². The number of pyridine rings is 1. The predicted octanol–water partition coefficient (Wildman–Crippen LogP) is 2.95. The zero-order valence-electron chi connectivity index (χ0n) is 15.9. The summed E-state index contributed by atoms with van der Waals surface area (Å²) in [5.74, 6) is -2.00. The van der Waals surface area contributed by atoms with Gasteiger partial charge in [0.05, 0.1) is 17.1 Å².